The molecule has 1 aromatic rings. The molecule has 0 unspecified atom stereocenters. The molecule has 5 nitrogen and oxygen atoms in total. The number of rotatable bonds is 5. The van der Waals surface area contributed by atoms with Gasteiger partial charge >= 0.3 is 24.8 Å². The Labute approximate surface area is 129 Å². The van der Waals surface area contributed by atoms with Crippen LogP contribution < -0.4 is 28.7 Å². The van der Waals surface area contributed by atoms with Crippen molar-refractivity contribution in [2.24, 2.45) is 0 Å². The zero-order valence-electron chi connectivity index (χ0n) is 12.1. The Balaban J connectivity index is 0.00000361. The summed E-state index contributed by atoms with van der Waals surface area (Å²) in [7, 11) is 1.51. The summed E-state index contributed by atoms with van der Waals surface area (Å²) in [5, 5.41) is 12.0. The van der Waals surface area contributed by atoms with E-state index in [9.17, 15) is 14.7 Å². The largest absolute Gasteiger partial charge is 1.00 e. The minimum Gasteiger partial charge on any atom is -0.872 e. The second-order valence-corrected chi connectivity index (χ2v) is 3.73. The van der Waals surface area contributed by atoms with Gasteiger partial charge in [0.05, 0.1) is 13.7 Å². The third kappa shape index (κ3) is 4.44. The summed E-state index contributed by atoms with van der Waals surface area (Å²) >= 11 is 0. The quantitative estimate of drug-likeness (QED) is 0.202. The summed E-state index contributed by atoms with van der Waals surface area (Å²) in [6, 6.07) is 6.27. The van der Waals surface area contributed by atoms with Crippen LogP contribution in [0.3, 0.4) is 0 Å². The number of benzene rings is 1. The summed E-state index contributed by atoms with van der Waals surface area (Å²) in [5.74, 6) is -1.82. The molecular formula is C14H15LiO5. The topological polar surface area (TPSA) is 75.7 Å². The van der Waals surface area contributed by atoms with Crippen LogP contribution in [0.5, 0.6) is 5.75 Å². The van der Waals surface area contributed by atoms with Crippen molar-refractivity contribution in [1.29, 1.82) is 0 Å². The molecule has 0 saturated carbocycles. The first-order valence-corrected chi connectivity index (χ1v) is 5.75. The smallest absolute Gasteiger partial charge is 0.872 e. The molecule has 6 heteroatoms. The van der Waals surface area contributed by atoms with Gasteiger partial charge in [-0.05, 0) is 37.1 Å². The predicted molar refractivity (Wildman–Crippen MR) is 67.2 cm³/mol. The van der Waals surface area contributed by atoms with Crippen LogP contribution in [0.4, 0.5) is 0 Å². The molecule has 0 radical (unpaired) electrons. The summed E-state index contributed by atoms with van der Waals surface area (Å²) < 4.78 is 9.53. The van der Waals surface area contributed by atoms with Gasteiger partial charge in [0.15, 0.2) is 0 Å². The summed E-state index contributed by atoms with van der Waals surface area (Å²) in [6.07, 6.45) is 0. The molecule has 0 aromatic heterocycles. The van der Waals surface area contributed by atoms with Crippen molar-refractivity contribution < 1.29 is 43.0 Å². The molecule has 0 atom stereocenters. The van der Waals surface area contributed by atoms with Gasteiger partial charge in [-0.2, -0.15) is 0 Å². The first-order chi connectivity index (χ1) is 9.01. The van der Waals surface area contributed by atoms with Crippen LogP contribution in [0.1, 0.15) is 19.4 Å². The average Bonchev–Trinajstić information content (AvgIpc) is 2.45. The van der Waals surface area contributed by atoms with Crippen molar-refractivity contribution in [1.82, 2.24) is 0 Å². The van der Waals surface area contributed by atoms with Crippen molar-refractivity contribution in [2.75, 3.05) is 13.7 Å². The molecule has 1 aromatic carbocycles. The van der Waals surface area contributed by atoms with Crippen molar-refractivity contribution >= 4 is 17.5 Å². The molecule has 0 aliphatic rings. The average molecular weight is 270 g/mol. The SMILES string of the molecule is CCOC(=O)C(=O)/C(C)=C(\[O-])c1ccc(OC)cc1.[Li+]. The van der Waals surface area contributed by atoms with E-state index in [1.807, 2.05) is 0 Å². The molecule has 0 aliphatic carbocycles. The second-order valence-electron chi connectivity index (χ2n) is 3.73. The Morgan fingerprint density at radius 1 is 1.20 bits per heavy atom. The molecule has 102 valence electrons. The summed E-state index contributed by atoms with van der Waals surface area (Å²) in [6.45, 7) is 2.99. The number of ether oxygens (including phenoxy) is 2. The molecule has 20 heavy (non-hydrogen) atoms. The zero-order valence-corrected chi connectivity index (χ0v) is 12.1. The Morgan fingerprint density at radius 3 is 2.20 bits per heavy atom. The van der Waals surface area contributed by atoms with Gasteiger partial charge in [0, 0.05) is 0 Å². The molecule has 0 amide bonds. The number of methoxy groups -OCH3 is 1. The number of hydrogen-bond acceptors (Lipinski definition) is 5. The molecule has 0 bridgehead atoms. The van der Waals surface area contributed by atoms with Gasteiger partial charge in [0.2, 0.25) is 0 Å². The van der Waals surface area contributed by atoms with Gasteiger partial charge in [0.1, 0.15) is 5.75 Å². The summed E-state index contributed by atoms with van der Waals surface area (Å²) in [4.78, 5) is 22.9. The fourth-order valence-corrected chi connectivity index (χ4v) is 1.41. The van der Waals surface area contributed by atoms with Crippen molar-refractivity contribution in [2.45, 2.75) is 13.8 Å². The number of carbonyl (C=O) groups excluding carboxylic acids is 2. The molecule has 0 aliphatic heterocycles. The minimum absolute atomic E-state index is 0. The maximum atomic E-state index is 12.0. The van der Waals surface area contributed by atoms with Gasteiger partial charge in [-0.15, -0.1) is 0 Å². The predicted octanol–water partition coefficient (Wildman–Crippen LogP) is -2.08. The molecule has 0 saturated heterocycles. The van der Waals surface area contributed by atoms with E-state index in [0.29, 0.717) is 11.3 Å². The fraction of sp³-hybridized carbons (Fsp3) is 0.286. The number of ketones is 1. The number of carbonyl (C=O) groups is 2. The van der Waals surface area contributed by atoms with Gasteiger partial charge in [-0.1, -0.05) is 17.9 Å². The number of esters is 1. The van der Waals surface area contributed by atoms with Crippen LogP contribution in [0.2, 0.25) is 0 Å². The second kappa shape index (κ2) is 8.46. The molecule has 0 spiro atoms. The van der Waals surface area contributed by atoms with Crippen LogP contribution in [-0.2, 0) is 14.3 Å². The minimum atomic E-state index is -1.01. The standard InChI is InChI=1S/C14H16O5.Li/c1-4-19-14(17)13(16)9(2)12(15)10-5-7-11(18-3)8-6-10;/h5-8,15H,4H2,1-3H3;/q;+1/p-1/b12-9-;. The third-order valence-electron chi connectivity index (χ3n) is 2.49. The van der Waals surface area contributed by atoms with E-state index in [1.54, 1.807) is 19.1 Å². The Bertz CT molecular complexity index is 505. The first kappa shape index (κ1) is 18.3. The third-order valence-corrected chi connectivity index (χ3v) is 2.49. The van der Waals surface area contributed by atoms with Crippen LogP contribution in [-0.4, -0.2) is 25.5 Å². The monoisotopic (exact) mass is 270 g/mol. The van der Waals surface area contributed by atoms with Crippen LogP contribution in [0, 0.1) is 0 Å². The van der Waals surface area contributed by atoms with Gasteiger partial charge in [0.25, 0.3) is 5.78 Å². The van der Waals surface area contributed by atoms with Crippen molar-refractivity contribution in [3.8, 4) is 5.75 Å². The first-order valence-electron chi connectivity index (χ1n) is 5.75. The van der Waals surface area contributed by atoms with Gasteiger partial charge in [-0.3, -0.25) is 4.79 Å². The Hall–Kier alpha value is -1.70. The van der Waals surface area contributed by atoms with E-state index in [-0.39, 0.29) is 31.0 Å². The van der Waals surface area contributed by atoms with E-state index in [2.05, 4.69) is 4.74 Å². The molecule has 0 heterocycles. The van der Waals surface area contributed by atoms with Crippen LogP contribution in [0.15, 0.2) is 29.8 Å². The Kier molecular flexibility index (Phi) is 7.74. The van der Waals surface area contributed by atoms with Gasteiger partial charge in [-0.25, -0.2) is 4.79 Å². The van der Waals surface area contributed by atoms with E-state index < -0.39 is 17.5 Å². The van der Waals surface area contributed by atoms with Crippen molar-refractivity contribution in [3.05, 3.63) is 35.4 Å². The number of hydrogen-bond donors (Lipinski definition) is 0. The number of Topliss-reactive ketones (excluding diaryl/α,β-unsaturated/α-hetero) is 1. The molecule has 1 rings (SSSR count). The van der Waals surface area contributed by atoms with Crippen LogP contribution >= 0.6 is 0 Å². The van der Waals surface area contributed by atoms with E-state index >= 15 is 0 Å². The maximum absolute atomic E-state index is 12.0. The maximum Gasteiger partial charge on any atom is 1.00 e. The van der Waals surface area contributed by atoms with E-state index in [0.717, 1.165) is 0 Å². The Morgan fingerprint density at radius 2 is 1.75 bits per heavy atom. The van der Waals surface area contributed by atoms with E-state index in [1.165, 1.54) is 26.2 Å². The molecular weight excluding hydrogens is 255 g/mol. The zero-order chi connectivity index (χ0) is 14.4. The van der Waals surface area contributed by atoms with Crippen molar-refractivity contribution in [3.63, 3.8) is 0 Å². The molecule has 0 fully saturated rings. The molecule has 0 N–H and O–H groups in total. The van der Waals surface area contributed by atoms with Gasteiger partial charge < -0.3 is 14.6 Å². The normalized spacial score (nSPS) is 10.9. The fourth-order valence-electron chi connectivity index (χ4n) is 1.41. The van der Waals surface area contributed by atoms with E-state index in [4.69, 9.17) is 4.74 Å². The van der Waals surface area contributed by atoms with Crippen LogP contribution in [0.25, 0.3) is 5.76 Å². The summed E-state index contributed by atoms with van der Waals surface area (Å²) in [5.41, 5.74) is 0.152.